The minimum absolute atomic E-state index is 0.316. The van der Waals surface area contributed by atoms with Crippen LogP contribution in [0.15, 0.2) is 42.5 Å². The average molecular weight is 290 g/mol. The van der Waals surface area contributed by atoms with Crippen LogP contribution in [0.25, 0.3) is 0 Å². The van der Waals surface area contributed by atoms with Crippen LogP contribution in [0, 0.1) is 11.6 Å². The Morgan fingerprint density at radius 1 is 1.05 bits per heavy atom. The van der Waals surface area contributed by atoms with E-state index >= 15 is 0 Å². The van der Waals surface area contributed by atoms with E-state index in [1.54, 1.807) is 6.07 Å². The largest absolute Gasteiger partial charge is 0.378 e. The van der Waals surface area contributed by atoms with Crippen molar-refractivity contribution < 1.29 is 8.78 Å². The van der Waals surface area contributed by atoms with Gasteiger partial charge in [0.15, 0.2) is 11.6 Å². The topological polar surface area (TPSA) is 15.3 Å². The number of nitrogens with zero attached hydrogens (tertiary/aromatic N) is 1. The molecule has 0 aliphatic carbocycles. The summed E-state index contributed by atoms with van der Waals surface area (Å²) in [5.41, 5.74) is 2.38. The summed E-state index contributed by atoms with van der Waals surface area (Å²) in [7, 11) is 3.99. The Labute approximate surface area is 124 Å². The Morgan fingerprint density at radius 2 is 1.76 bits per heavy atom. The molecule has 0 heterocycles. The van der Waals surface area contributed by atoms with Gasteiger partial charge in [-0.05, 0) is 38.7 Å². The third-order valence-corrected chi connectivity index (χ3v) is 3.32. The quantitative estimate of drug-likeness (QED) is 0.888. The first kappa shape index (κ1) is 15.4. The molecular weight excluding hydrogens is 270 g/mol. The number of anilines is 1. The van der Waals surface area contributed by atoms with Crippen molar-refractivity contribution in [2.24, 2.45) is 0 Å². The van der Waals surface area contributed by atoms with Crippen molar-refractivity contribution in [3.63, 3.8) is 0 Å². The molecule has 4 heteroatoms. The van der Waals surface area contributed by atoms with Crippen LogP contribution in [0.5, 0.6) is 0 Å². The van der Waals surface area contributed by atoms with Crippen molar-refractivity contribution in [1.29, 1.82) is 0 Å². The monoisotopic (exact) mass is 290 g/mol. The predicted octanol–water partition coefficient (Wildman–Crippen LogP) is 4.20. The second-order valence-corrected chi connectivity index (χ2v) is 5.40. The van der Waals surface area contributed by atoms with Gasteiger partial charge < -0.3 is 10.2 Å². The highest BCUT2D eigenvalue weighted by Crippen LogP contribution is 2.25. The molecule has 21 heavy (non-hydrogen) atoms. The van der Waals surface area contributed by atoms with E-state index in [2.05, 4.69) is 10.2 Å². The van der Waals surface area contributed by atoms with Crippen LogP contribution in [0.1, 0.15) is 24.1 Å². The molecule has 0 saturated heterocycles. The molecule has 2 aromatic rings. The molecule has 2 aromatic carbocycles. The van der Waals surface area contributed by atoms with Crippen LogP contribution in [0.3, 0.4) is 0 Å². The van der Waals surface area contributed by atoms with Crippen LogP contribution >= 0.6 is 0 Å². The number of rotatable bonds is 5. The van der Waals surface area contributed by atoms with Gasteiger partial charge in [-0.15, -0.1) is 0 Å². The summed E-state index contributed by atoms with van der Waals surface area (Å²) in [6.45, 7) is 2.60. The Morgan fingerprint density at radius 3 is 2.48 bits per heavy atom. The first-order valence-electron chi connectivity index (χ1n) is 6.92. The first-order chi connectivity index (χ1) is 9.99. The van der Waals surface area contributed by atoms with E-state index in [9.17, 15) is 8.78 Å². The molecule has 2 nitrogen and oxygen atoms in total. The van der Waals surface area contributed by atoms with Crippen LogP contribution < -0.4 is 5.32 Å². The zero-order chi connectivity index (χ0) is 15.4. The zero-order valence-electron chi connectivity index (χ0n) is 12.5. The van der Waals surface area contributed by atoms with E-state index < -0.39 is 11.6 Å². The molecule has 0 spiro atoms. The van der Waals surface area contributed by atoms with Crippen LogP contribution in [-0.2, 0) is 6.54 Å². The van der Waals surface area contributed by atoms with Crippen molar-refractivity contribution in [2.45, 2.75) is 19.5 Å². The number of nitrogens with one attached hydrogen (secondary N) is 1. The summed E-state index contributed by atoms with van der Waals surface area (Å²) < 4.78 is 27.2. The highest BCUT2D eigenvalue weighted by molar-refractivity contribution is 5.52. The van der Waals surface area contributed by atoms with E-state index in [1.165, 1.54) is 6.07 Å². The molecule has 0 aliphatic rings. The highest BCUT2D eigenvalue weighted by Gasteiger charge is 2.15. The van der Waals surface area contributed by atoms with Gasteiger partial charge in [0.1, 0.15) is 0 Å². The Hall–Kier alpha value is -1.94. The summed E-state index contributed by atoms with van der Waals surface area (Å²) >= 11 is 0. The number of hydrogen-bond donors (Lipinski definition) is 1. The van der Waals surface area contributed by atoms with Crippen LogP contribution in [0.2, 0.25) is 0 Å². The lowest BCUT2D eigenvalue weighted by molar-refractivity contribution is 0.403. The fourth-order valence-electron chi connectivity index (χ4n) is 2.31. The van der Waals surface area contributed by atoms with Crippen LogP contribution in [-0.4, -0.2) is 19.0 Å². The lowest BCUT2D eigenvalue weighted by Gasteiger charge is -2.20. The zero-order valence-corrected chi connectivity index (χ0v) is 12.5. The number of halogens is 2. The second-order valence-electron chi connectivity index (χ2n) is 5.40. The Bertz CT molecular complexity index is 611. The summed E-state index contributed by atoms with van der Waals surface area (Å²) in [5.74, 6) is -1.61. The maximum atomic E-state index is 13.8. The molecule has 0 saturated carbocycles. The van der Waals surface area contributed by atoms with Gasteiger partial charge >= 0.3 is 0 Å². The normalized spacial score (nSPS) is 12.5. The third kappa shape index (κ3) is 3.79. The molecule has 1 atom stereocenters. The van der Waals surface area contributed by atoms with Gasteiger partial charge in [0.25, 0.3) is 0 Å². The minimum atomic E-state index is -0.817. The second kappa shape index (κ2) is 6.68. The van der Waals surface area contributed by atoms with Gasteiger partial charge in [0, 0.05) is 17.8 Å². The lowest BCUT2D eigenvalue weighted by Crippen LogP contribution is -2.15. The highest BCUT2D eigenvalue weighted by atomic mass is 19.2. The summed E-state index contributed by atoms with van der Waals surface area (Å²) in [5, 5.41) is 3.27. The van der Waals surface area contributed by atoms with Crippen LogP contribution in [0.4, 0.5) is 14.5 Å². The van der Waals surface area contributed by atoms with Gasteiger partial charge in [0.05, 0.1) is 6.04 Å². The maximum absolute atomic E-state index is 13.8. The van der Waals surface area contributed by atoms with Gasteiger partial charge in [-0.3, -0.25) is 0 Å². The molecule has 1 N–H and O–H groups in total. The summed E-state index contributed by atoms with van der Waals surface area (Å²) in [4.78, 5) is 2.06. The predicted molar refractivity (Wildman–Crippen MR) is 82.2 cm³/mol. The summed E-state index contributed by atoms with van der Waals surface area (Å²) in [6, 6.07) is 11.8. The fourth-order valence-corrected chi connectivity index (χ4v) is 2.31. The SMILES string of the molecule is CC(Nc1ccccc1CN(C)C)c1cccc(F)c1F. The van der Waals surface area contributed by atoms with E-state index in [4.69, 9.17) is 0 Å². The van der Waals surface area contributed by atoms with Crippen molar-refractivity contribution in [1.82, 2.24) is 4.90 Å². The molecule has 0 amide bonds. The molecule has 0 bridgehead atoms. The number of benzene rings is 2. The molecule has 0 aliphatic heterocycles. The van der Waals surface area contributed by atoms with Crippen molar-refractivity contribution in [3.8, 4) is 0 Å². The summed E-state index contributed by atoms with van der Waals surface area (Å²) in [6.07, 6.45) is 0. The Kier molecular flexibility index (Phi) is 4.91. The van der Waals surface area contributed by atoms with E-state index in [0.29, 0.717) is 5.56 Å². The lowest BCUT2D eigenvalue weighted by atomic mass is 10.1. The van der Waals surface area contributed by atoms with E-state index in [-0.39, 0.29) is 6.04 Å². The number of para-hydroxylation sites is 1. The van der Waals surface area contributed by atoms with Gasteiger partial charge in [-0.25, -0.2) is 8.78 Å². The molecule has 1 unspecified atom stereocenters. The smallest absolute Gasteiger partial charge is 0.164 e. The van der Waals surface area contributed by atoms with Gasteiger partial charge in [0.2, 0.25) is 0 Å². The van der Waals surface area contributed by atoms with Crippen molar-refractivity contribution in [3.05, 3.63) is 65.2 Å². The standard InChI is InChI=1S/C17H20F2N2/c1-12(14-8-6-9-15(18)17(14)19)20-16-10-5-4-7-13(16)11-21(2)3/h4-10,12,20H,11H2,1-3H3. The molecule has 112 valence electrons. The van der Waals surface area contributed by atoms with Gasteiger partial charge in [-0.2, -0.15) is 0 Å². The molecule has 0 radical (unpaired) electrons. The fraction of sp³-hybridized carbons (Fsp3) is 0.294. The molecule has 0 aromatic heterocycles. The minimum Gasteiger partial charge on any atom is -0.378 e. The van der Waals surface area contributed by atoms with E-state index in [0.717, 1.165) is 23.9 Å². The average Bonchev–Trinajstić information content (AvgIpc) is 2.43. The third-order valence-electron chi connectivity index (χ3n) is 3.32. The Balaban J connectivity index is 2.23. The number of hydrogen-bond acceptors (Lipinski definition) is 2. The maximum Gasteiger partial charge on any atom is 0.164 e. The van der Waals surface area contributed by atoms with E-state index in [1.807, 2.05) is 45.3 Å². The molecule has 0 fully saturated rings. The van der Waals surface area contributed by atoms with Crippen molar-refractivity contribution >= 4 is 5.69 Å². The van der Waals surface area contributed by atoms with Crippen molar-refractivity contribution in [2.75, 3.05) is 19.4 Å². The molecular formula is C17H20F2N2. The first-order valence-corrected chi connectivity index (χ1v) is 6.92. The van der Waals surface area contributed by atoms with Gasteiger partial charge in [-0.1, -0.05) is 30.3 Å². The molecule has 2 rings (SSSR count).